The van der Waals surface area contributed by atoms with Gasteiger partial charge >= 0.3 is 0 Å². The van der Waals surface area contributed by atoms with E-state index in [-0.39, 0.29) is 0 Å². The maximum Gasteiger partial charge on any atom is 0.222 e. The smallest absolute Gasteiger partial charge is 0.222 e. The monoisotopic (exact) mass is 393 g/mol. The third-order valence-electron chi connectivity index (χ3n) is 6.20. The highest BCUT2D eigenvalue weighted by atomic mass is 16.2. The summed E-state index contributed by atoms with van der Waals surface area (Å²) in [6, 6.07) is 10.5. The van der Waals surface area contributed by atoms with Gasteiger partial charge in [-0.15, -0.1) is 0 Å². The molecule has 3 heterocycles. The van der Waals surface area contributed by atoms with Crippen LogP contribution >= 0.6 is 0 Å². The van der Waals surface area contributed by atoms with Crippen LogP contribution in [0.25, 0.3) is 0 Å². The number of nitrogens with one attached hydrogen (secondary N) is 1. The maximum absolute atomic E-state index is 12.7. The molecule has 6 heteroatoms. The highest BCUT2D eigenvalue weighted by Crippen LogP contribution is 2.27. The summed E-state index contributed by atoms with van der Waals surface area (Å²) in [4.78, 5) is 25.8. The van der Waals surface area contributed by atoms with Crippen molar-refractivity contribution >= 4 is 17.5 Å². The number of rotatable bonds is 6. The van der Waals surface area contributed by atoms with Gasteiger partial charge < -0.3 is 15.1 Å². The molecule has 0 aliphatic carbocycles. The first kappa shape index (κ1) is 19.7. The van der Waals surface area contributed by atoms with Crippen LogP contribution in [0.15, 0.2) is 36.7 Å². The lowest BCUT2D eigenvalue weighted by atomic mass is 9.91. The van der Waals surface area contributed by atoms with E-state index in [0.29, 0.717) is 18.2 Å². The highest BCUT2D eigenvalue weighted by Gasteiger charge is 2.24. The lowest BCUT2D eigenvalue weighted by Gasteiger charge is -2.33. The van der Waals surface area contributed by atoms with Crippen LogP contribution in [-0.4, -0.2) is 47.0 Å². The second-order valence-electron chi connectivity index (χ2n) is 8.09. The summed E-state index contributed by atoms with van der Waals surface area (Å²) in [6.07, 6.45) is 6.53. The largest absolute Gasteiger partial charge is 0.370 e. The van der Waals surface area contributed by atoms with Crippen molar-refractivity contribution in [2.75, 3.05) is 36.4 Å². The van der Waals surface area contributed by atoms with Crippen LogP contribution in [0.5, 0.6) is 0 Å². The predicted molar refractivity (Wildman–Crippen MR) is 116 cm³/mol. The van der Waals surface area contributed by atoms with Gasteiger partial charge in [-0.2, -0.15) is 0 Å². The second-order valence-corrected chi connectivity index (χ2v) is 8.09. The van der Waals surface area contributed by atoms with Gasteiger partial charge in [0, 0.05) is 45.2 Å². The number of benzene rings is 1. The van der Waals surface area contributed by atoms with Crippen LogP contribution in [0.1, 0.15) is 43.7 Å². The van der Waals surface area contributed by atoms with Crippen LogP contribution in [0.2, 0.25) is 0 Å². The van der Waals surface area contributed by atoms with Crippen molar-refractivity contribution in [3.05, 3.63) is 47.8 Å². The summed E-state index contributed by atoms with van der Waals surface area (Å²) in [5, 5.41) is 3.25. The van der Waals surface area contributed by atoms with Gasteiger partial charge in [-0.05, 0) is 49.7 Å². The molecule has 154 valence electrons. The zero-order valence-electron chi connectivity index (χ0n) is 17.3. The normalized spacial score (nSPS) is 17.1. The van der Waals surface area contributed by atoms with E-state index in [2.05, 4.69) is 51.4 Å². The van der Waals surface area contributed by atoms with Crippen molar-refractivity contribution in [2.24, 2.45) is 5.92 Å². The molecule has 1 N–H and O–H groups in total. The molecule has 29 heavy (non-hydrogen) atoms. The number of hydrogen-bond donors (Lipinski definition) is 1. The Hall–Kier alpha value is -2.63. The summed E-state index contributed by atoms with van der Waals surface area (Å²) < 4.78 is 0. The minimum Gasteiger partial charge on any atom is -0.370 e. The number of piperidine rings is 1. The van der Waals surface area contributed by atoms with E-state index < -0.39 is 0 Å². The lowest BCUT2D eigenvalue weighted by Crippen LogP contribution is -2.37. The van der Waals surface area contributed by atoms with E-state index in [9.17, 15) is 4.79 Å². The standard InChI is InChI=1S/C23H31N5O/c1-2-24-21-15-22(26-17-25-21)27-12-9-18(10-13-27)7-8-23(29)28-14-11-19-5-3-4-6-20(19)16-28/h3-6,15,17-18H,2,7-14,16H2,1H3,(H,24,25,26). The predicted octanol–water partition coefficient (Wildman–Crippen LogP) is 3.49. The molecule has 2 aromatic rings. The van der Waals surface area contributed by atoms with Crippen molar-refractivity contribution < 1.29 is 4.79 Å². The maximum atomic E-state index is 12.7. The summed E-state index contributed by atoms with van der Waals surface area (Å²) in [7, 11) is 0. The molecule has 1 aromatic carbocycles. The number of amides is 1. The number of hydrogen-bond acceptors (Lipinski definition) is 5. The van der Waals surface area contributed by atoms with Crippen LogP contribution < -0.4 is 10.2 Å². The molecule has 1 saturated heterocycles. The van der Waals surface area contributed by atoms with Crippen molar-refractivity contribution in [1.29, 1.82) is 0 Å². The quantitative estimate of drug-likeness (QED) is 0.814. The first-order valence-electron chi connectivity index (χ1n) is 10.9. The Labute approximate surface area is 173 Å². The molecule has 0 radical (unpaired) electrons. The molecule has 2 aliphatic rings. The fourth-order valence-electron chi connectivity index (χ4n) is 4.44. The molecule has 1 amide bonds. The molecule has 0 bridgehead atoms. The van der Waals surface area contributed by atoms with Gasteiger partial charge in [-0.3, -0.25) is 4.79 Å². The second kappa shape index (κ2) is 9.25. The van der Waals surface area contributed by atoms with E-state index in [4.69, 9.17) is 0 Å². The topological polar surface area (TPSA) is 61.4 Å². The number of carbonyl (C=O) groups excluding carboxylic acids is 1. The fourth-order valence-corrected chi connectivity index (χ4v) is 4.44. The molecule has 0 atom stereocenters. The number of aromatic nitrogens is 2. The third kappa shape index (κ3) is 4.86. The van der Waals surface area contributed by atoms with Crippen molar-refractivity contribution in [1.82, 2.24) is 14.9 Å². The van der Waals surface area contributed by atoms with Crippen molar-refractivity contribution in [3.63, 3.8) is 0 Å². The van der Waals surface area contributed by atoms with Gasteiger partial charge in [0.15, 0.2) is 0 Å². The molecule has 6 nitrogen and oxygen atoms in total. The minimum absolute atomic E-state index is 0.313. The third-order valence-corrected chi connectivity index (χ3v) is 6.20. The van der Waals surface area contributed by atoms with Crippen molar-refractivity contribution in [3.8, 4) is 0 Å². The Morgan fingerprint density at radius 2 is 1.93 bits per heavy atom. The molecule has 2 aliphatic heterocycles. The van der Waals surface area contributed by atoms with E-state index in [1.54, 1.807) is 6.33 Å². The summed E-state index contributed by atoms with van der Waals surface area (Å²) in [5.74, 6) is 2.82. The zero-order valence-corrected chi connectivity index (χ0v) is 17.3. The number of anilines is 2. The SMILES string of the molecule is CCNc1cc(N2CCC(CCC(=O)N3CCc4ccccc4C3)CC2)ncn1. The Bertz CT molecular complexity index is 832. The van der Waals surface area contributed by atoms with E-state index in [1.807, 2.05) is 11.0 Å². The lowest BCUT2D eigenvalue weighted by molar-refractivity contribution is -0.132. The first-order chi connectivity index (χ1) is 14.2. The Morgan fingerprint density at radius 3 is 2.72 bits per heavy atom. The van der Waals surface area contributed by atoms with Gasteiger partial charge in [0.2, 0.25) is 5.91 Å². The van der Waals surface area contributed by atoms with Crippen LogP contribution in [0.3, 0.4) is 0 Å². The average molecular weight is 394 g/mol. The molecule has 0 spiro atoms. The van der Waals surface area contributed by atoms with Gasteiger partial charge in [0.1, 0.15) is 18.0 Å². The van der Waals surface area contributed by atoms with Crippen LogP contribution in [-0.2, 0) is 17.8 Å². The minimum atomic E-state index is 0.313. The number of fused-ring (bicyclic) bond motifs is 1. The summed E-state index contributed by atoms with van der Waals surface area (Å²) in [5.41, 5.74) is 2.70. The van der Waals surface area contributed by atoms with Crippen molar-refractivity contribution in [2.45, 2.75) is 45.6 Å². The number of nitrogens with zero attached hydrogens (tertiary/aromatic N) is 4. The molecule has 4 rings (SSSR count). The van der Waals surface area contributed by atoms with Gasteiger partial charge in [0.25, 0.3) is 0 Å². The fraction of sp³-hybridized carbons (Fsp3) is 0.522. The van der Waals surface area contributed by atoms with Crippen LogP contribution in [0.4, 0.5) is 11.6 Å². The molecule has 0 saturated carbocycles. The Balaban J connectivity index is 1.23. The molecule has 1 aromatic heterocycles. The molecule has 1 fully saturated rings. The first-order valence-corrected chi connectivity index (χ1v) is 10.9. The Morgan fingerprint density at radius 1 is 1.14 bits per heavy atom. The van der Waals surface area contributed by atoms with Gasteiger partial charge in [0.05, 0.1) is 0 Å². The van der Waals surface area contributed by atoms with E-state index in [1.165, 1.54) is 11.1 Å². The van der Waals surface area contributed by atoms with Crippen LogP contribution in [0, 0.1) is 5.92 Å². The van der Waals surface area contributed by atoms with E-state index in [0.717, 1.165) is 70.0 Å². The number of carbonyl (C=O) groups is 1. The average Bonchev–Trinajstić information content (AvgIpc) is 2.78. The highest BCUT2D eigenvalue weighted by molar-refractivity contribution is 5.76. The molecule has 0 unspecified atom stereocenters. The van der Waals surface area contributed by atoms with Gasteiger partial charge in [-0.1, -0.05) is 24.3 Å². The summed E-state index contributed by atoms with van der Waals surface area (Å²) in [6.45, 7) is 6.55. The molecular formula is C23H31N5O. The molecular weight excluding hydrogens is 362 g/mol. The Kier molecular flexibility index (Phi) is 6.27. The summed E-state index contributed by atoms with van der Waals surface area (Å²) >= 11 is 0. The van der Waals surface area contributed by atoms with E-state index >= 15 is 0 Å². The van der Waals surface area contributed by atoms with Gasteiger partial charge in [-0.25, -0.2) is 9.97 Å². The zero-order chi connectivity index (χ0) is 20.1.